The van der Waals surface area contributed by atoms with Crippen LogP contribution >= 0.6 is 11.8 Å². The molecule has 0 amide bonds. The monoisotopic (exact) mass is 255 g/mol. The van der Waals surface area contributed by atoms with E-state index in [4.69, 9.17) is 0 Å². The van der Waals surface area contributed by atoms with E-state index in [0.717, 1.165) is 13.1 Å². The molecule has 0 aliphatic rings. The average Bonchev–Trinajstić information content (AvgIpc) is 2.65. The Balaban J connectivity index is 2.31. The summed E-state index contributed by atoms with van der Waals surface area (Å²) in [6.07, 6.45) is 6.86. The summed E-state index contributed by atoms with van der Waals surface area (Å²) in [5, 5.41) is 8.02. The molecule has 0 aliphatic carbocycles. The Kier molecular flexibility index (Phi) is 6.66. The van der Waals surface area contributed by atoms with Crippen molar-refractivity contribution in [3.63, 3.8) is 0 Å². The Morgan fingerprint density at radius 2 is 2.18 bits per heavy atom. The molecular formula is C13H25N3S. The first kappa shape index (κ1) is 14.6. The van der Waals surface area contributed by atoms with Gasteiger partial charge in [0.1, 0.15) is 0 Å². The molecule has 0 saturated carbocycles. The Morgan fingerprint density at radius 3 is 2.82 bits per heavy atom. The van der Waals surface area contributed by atoms with Crippen LogP contribution in [0, 0.1) is 0 Å². The Hall–Kier alpha value is -0.480. The van der Waals surface area contributed by atoms with Gasteiger partial charge in [0.15, 0.2) is 0 Å². The fourth-order valence-electron chi connectivity index (χ4n) is 1.90. The molecule has 0 atom stereocenters. The van der Waals surface area contributed by atoms with E-state index in [0.29, 0.717) is 5.92 Å². The normalized spacial score (nSPS) is 11.4. The second-order valence-electron chi connectivity index (χ2n) is 4.74. The molecule has 0 unspecified atom stereocenters. The maximum Gasteiger partial charge on any atom is 0.0694 e. The third-order valence-electron chi connectivity index (χ3n) is 2.75. The molecule has 3 nitrogen and oxygen atoms in total. The lowest BCUT2D eigenvalue weighted by Gasteiger charge is -2.06. The predicted molar refractivity (Wildman–Crippen MR) is 76.6 cm³/mol. The number of hydrogen-bond donors (Lipinski definition) is 1. The molecule has 17 heavy (non-hydrogen) atoms. The summed E-state index contributed by atoms with van der Waals surface area (Å²) in [4.78, 5) is 0. The van der Waals surface area contributed by atoms with Gasteiger partial charge in [0, 0.05) is 25.4 Å². The fraction of sp³-hybridized carbons (Fsp3) is 0.769. The first-order valence-electron chi connectivity index (χ1n) is 6.37. The van der Waals surface area contributed by atoms with Crippen LogP contribution in [-0.2, 0) is 13.6 Å². The number of nitrogens with one attached hydrogen (secondary N) is 1. The molecule has 1 rings (SSSR count). The number of rotatable bonds is 8. The second kappa shape index (κ2) is 7.77. The van der Waals surface area contributed by atoms with Gasteiger partial charge in [0.05, 0.1) is 5.69 Å². The van der Waals surface area contributed by atoms with Gasteiger partial charge in [0.25, 0.3) is 0 Å². The molecule has 1 N–H and O–H groups in total. The van der Waals surface area contributed by atoms with Crippen LogP contribution in [0.25, 0.3) is 0 Å². The SMILES string of the molecule is CSCCCCNCc1cn(C)nc1C(C)C. The zero-order valence-corrected chi connectivity index (χ0v) is 12.3. The standard InChI is InChI=1S/C13H25N3S/c1-11(2)13-12(10-16(3)15-13)9-14-7-5-6-8-17-4/h10-11,14H,5-9H2,1-4H3. The Labute approximate surface area is 109 Å². The van der Waals surface area contributed by atoms with Gasteiger partial charge < -0.3 is 5.32 Å². The number of hydrogen-bond acceptors (Lipinski definition) is 3. The summed E-state index contributed by atoms with van der Waals surface area (Å²) in [5.41, 5.74) is 2.57. The van der Waals surface area contributed by atoms with E-state index in [1.807, 2.05) is 23.5 Å². The van der Waals surface area contributed by atoms with Crippen molar-refractivity contribution in [2.75, 3.05) is 18.6 Å². The maximum absolute atomic E-state index is 4.51. The zero-order chi connectivity index (χ0) is 12.7. The fourth-order valence-corrected chi connectivity index (χ4v) is 2.39. The smallest absolute Gasteiger partial charge is 0.0694 e. The molecule has 1 heterocycles. The molecule has 0 bridgehead atoms. The van der Waals surface area contributed by atoms with Crippen LogP contribution in [0.15, 0.2) is 6.20 Å². The van der Waals surface area contributed by atoms with Crippen LogP contribution < -0.4 is 5.32 Å². The van der Waals surface area contributed by atoms with E-state index in [1.165, 1.54) is 29.9 Å². The maximum atomic E-state index is 4.51. The molecule has 1 aromatic rings. The minimum Gasteiger partial charge on any atom is -0.313 e. The van der Waals surface area contributed by atoms with Crippen molar-refractivity contribution in [1.82, 2.24) is 15.1 Å². The summed E-state index contributed by atoms with van der Waals surface area (Å²) < 4.78 is 1.92. The van der Waals surface area contributed by atoms with Crippen molar-refractivity contribution in [3.05, 3.63) is 17.5 Å². The highest BCUT2D eigenvalue weighted by Crippen LogP contribution is 2.16. The lowest BCUT2D eigenvalue weighted by molar-refractivity contribution is 0.637. The van der Waals surface area contributed by atoms with Crippen molar-refractivity contribution in [2.24, 2.45) is 7.05 Å². The van der Waals surface area contributed by atoms with Gasteiger partial charge in [-0.1, -0.05) is 13.8 Å². The molecule has 4 heteroatoms. The van der Waals surface area contributed by atoms with Crippen LogP contribution in [0.3, 0.4) is 0 Å². The molecule has 0 spiro atoms. The number of aryl methyl sites for hydroxylation is 1. The van der Waals surface area contributed by atoms with Gasteiger partial charge in [-0.15, -0.1) is 0 Å². The Bertz CT molecular complexity index is 320. The van der Waals surface area contributed by atoms with Crippen LogP contribution in [0.5, 0.6) is 0 Å². The molecule has 0 saturated heterocycles. The second-order valence-corrected chi connectivity index (χ2v) is 5.73. The van der Waals surface area contributed by atoms with E-state index in [1.54, 1.807) is 0 Å². The highest BCUT2D eigenvalue weighted by molar-refractivity contribution is 7.98. The summed E-state index contributed by atoms with van der Waals surface area (Å²) in [5.74, 6) is 1.77. The molecular weight excluding hydrogens is 230 g/mol. The van der Waals surface area contributed by atoms with Crippen LogP contribution in [-0.4, -0.2) is 28.3 Å². The lowest BCUT2D eigenvalue weighted by Crippen LogP contribution is -2.15. The van der Waals surface area contributed by atoms with Gasteiger partial charge in [-0.25, -0.2) is 0 Å². The number of thioether (sulfide) groups is 1. The van der Waals surface area contributed by atoms with E-state index in [-0.39, 0.29) is 0 Å². The highest BCUT2D eigenvalue weighted by Gasteiger charge is 2.10. The highest BCUT2D eigenvalue weighted by atomic mass is 32.2. The first-order chi connectivity index (χ1) is 8.15. The quantitative estimate of drug-likeness (QED) is 0.724. The van der Waals surface area contributed by atoms with Crippen molar-refractivity contribution in [2.45, 2.75) is 39.2 Å². The third-order valence-corrected chi connectivity index (χ3v) is 3.45. The van der Waals surface area contributed by atoms with Gasteiger partial charge in [-0.2, -0.15) is 16.9 Å². The van der Waals surface area contributed by atoms with Crippen LogP contribution in [0.4, 0.5) is 0 Å². The van der Waals surface area contributed by atoms with Gasteiger partial charge in [-0.05, 0) is 37.3 Å². The van der Waals surface area contributed by atoms with Crippen LogP contribution in [0.1, 0.15) is 43.9 Å². The minimum absolute atomic E-state index is 0.504. The summed E-state index contributed by atoms with van der Waals surface area (Å²) in [6.45, 7) is 6.45. The van der Waals surface area contributed by atoms with Gasteiger partial charge >= 0.3 is 0 Å². The number of aromatic nitrogens is 2. The van der Waals surface area contributed by atoms with Crippen molar-refractivity contribution in [3.8, 4) is 0 Å². The first-order valence-corrected chi connectivity index (χ1v) is 7.76. The van der Waals surface area contributed by atoms with Crippen molar-refractivity contribution >= 4 is 11.8 Å². The zero-order valence-electron chi connectivity index (χ0n) is 11.5. The van der Waals surface area contributed by atoms with Crippen molar-refractivity contribution in [1.29, 1.82) is 0 Å². The van der Waals surface area contributed by atoms with Crippen LogP contribution in [0.2, 0.25) is 0 Å². The molecule has 0 aromatic carbocycles. The topological polar surface area (TPSA) is 29.9 Å². The predicted octanol–water partition coefficient (Wildman–Crippen LogP) is 2.78. The number of unbranched alkanes of at least 4 members (excludes halogenated alkanes) is 1. The summed E-state index contributed by atoms with van der Waals surface area (Å²) in [7, 11) is 1.99. The molecule has 0 aliphatic heterocycles. The molecule has 1 aromatic heterocycles. The van der Waals surface area contributed by atoms with E-state index >= 15 is 0 Å². The van der Waals surface area contributed by atoms with E-state index in [2.05, 4.69) is 36.7 Å². The third kappa shape index (κ3) is 5.13. The van der Waals surface area contributed by atoms with Gasteiger partial charge in [-0.3, -0.25) is 4.68 Å². The number of nitrogens with zero attached hydrogens (tertiary/aromatic N) is 2. The minimum atomic E-state index is 0.504. The summed E-state index contributed by atoms with van der Waals surface area (Å²) >= 11 is 1.92. The Morgan fingerprint density at radius 1 is 1.41 bits per heavy atom. The lowest BCUT2D eigenvalue weighted by atomic mass is 10.1. The van der Waals surface area contributed by atoms with E-state index in [9.17, 15) is 0 Å². The van der Waals surface area contributed by atoms with E-state index < -0.39 is 0 Å². The molecule has 0 radical (unpaired) electrons. The van der Waals surface area contributed by atoms with Gasteiger partial charge in [0.2, 0.25) is 0 Å². The molecule has 0 fully saturated rings. The largest absolute Gasteiger partial charge is 0.313 e. The van der Waals surface area contributed by atoms with Crippen molar-refractivity contribution < 1.29 is 0 Å². The summed E-state index contributed by atoms with van der Waals surface area (Å²) in [6, 6.07) is 0. The molecule has 98 valence electrons. The average molecular weight is 255 g/mol.